The molecule has 1 atom stereocenters. The van der Waals surface area contributed by atoms with E-state index in [4.69, 9.17) is 10.00 Å². The molecule has 1 aromatic rings. The smallest absolute Gasteiger partial charge is 0.319 e. The third-order valence-electron chi connectivity index (χ3n) is 2.31. The fraction of sp³-hybridized carbons (Fsp3) is 0.385. The predicted molar refractivity (Wildman–Crippen MR) is 68.8 cm³/mol. The van der Waals surface area contributed by atoms with Crippen molar-refractivity contribution >= 4 is 21.9 Å². The van der Waals surface area contributed by atoms with Crippen LogP contribution in [0, 0.1) is 11.3 Å². The van der Waals surface area contributed by atoms with Gasteiger partial charge in [0.15, 0.2) is 0 Å². The third-order valence-corrected chi connectivity index (χ3v) is 3.14. The van der Waals surface area contributed by atoms with Crippen molar-refractivity contribution in [1.82, 2.24) is 0 Å². The van der Waals surface area contributed by atoms with Gasteiger partial charge in [0, 0.05) is 0 Å². The highest BCUT2D eigenvalue weighted by molar-refractivity contribution is 9.10. The number of carbonyl (C=O) groups is 1. The summed E-state index contributed by atoms with van der Waals surface area (Å²) < 4.78 is 4.90. The second kappa shape index (κ2) is 7.08. The molecule has 0 fully saturated rings. The summed E-state index contributed by atoms with van der Waals surface area (Å²) in [5.41, 5.74) is 1.76. The quantitative estimate of drug-likeness (QED) is 0.620. The number of nitrogens with zero attached hydrogens (tertiary/aromatic N) is 1. The van der Waals surface area contributed by atoms with Crippen LogP contribution in [0.1, 0.15) is 24.5 Å². The van der Waals surface area contributed by atoms with Crippen LogP contribution in [0.3, 0.4) is 0 Å². The lowest BCUT2D eigenvalue weighted by Crippen LogP contribution is -2.17. The van der Waals surface area contributed by atoms with E-state index in [1.807, 2.05) is 12.1 Å². The van der Waals surface area contributed by atoms with Gasteiger partial charge in [0.05, 0.1) is 18.2 Å². The molecule has 0 aliphatic heterocycles. The molecule has 0 aromatic heterocycles. The second-order valence-corrected chi connectivity index (χ2v) is 4.67. The zero-order valence-corrected chi connectivity index (χ0v) is 11.2. The Morgan fingerprint density at radius 1 is 1.47 bits per heavy atom. The van der Waals surface area contributed by atoms with Crippen LogP contribution in [-0.4, -0.2) is 17.4 Å². The SMILES string of the molecule is CCOC(=O)C(Br)CCc1ccc(C#N)cc1. The molecule has 0 aliphatic carbocycles. The van der Waals surface area contributed by atoms with Crippen LogP contribution in [0.5, 0.6) is 0 Å². The number of hydrogen-bond donors (Lipinski definition) is 0. The zero-order chi connectivity index (χ0) is 12.7. The largest absolute Gasteiger partial charge is 0.465 e. The molecule has 0 radical (unpaired) electrons. The lowest BCUT2D eigenvalue weighted by atomic mass is 10.1. The molecule has 0 saturated heterocycles. The summed E-state index contributed by atoms with van der Waals surface area (Å²) in [5.74, 6) is -0.221. The maximum atomic E-state index is 11.4. The molecule has 0 heterocycles. The molecule has 3 nitrogen and oxygen atoms in total. The maximum absolute atomic E-state index is 11.4. The summed E-state index contributed by atoms with van der Waals surface area (Å²) in [6.45, 7) is 2.19. The van der Waals surface area contributed by atoms with E-state index in [1.54, 1.807) is 19.1 Å². The van der Waals surface area contributed by atoms with Crippen molar-refractivity contribution in [3.05, 3.63) is 35.4 Å². The minimum Gasteiger partial charge on any atom is -0.465 e. The zero-order valence-electron chi connectivity index (χ0n) is 9.65. The standard InChI is InChI=1S/C13H14BrNO2/c1-2-17-13(16)12(14)8-7-10-3-5-11(9-15)6-4-10/h3-6,12H,2,7-8H2,1H3. The van der Waals surface area contributed by atoms with Crippen molar-refractivity contribution in [3.63, 3.8) is 0 Å². The first-order valence-corrected chi connectivity index (χ1v) is 6.38. The van der Waals surface area contributed by atoms with E-state index in [0.717, 1.165) is 12.0 Å². The second-order valence-electron chi connectivity index (χ2n) is 3.57. The lowest BCUT2D eigenvalue weighted by Gasteiger charge is -2.08. The Balaban J connectivity index is 2.44. The molecule has 0 amide bonds. The number of aryl methyl sites for hydroxylation is 1. The van der Waals surface area contributed by atoms with Crippen molar-refractivity contribution < 1.29 is 9.53 Å². The molecule has 0 aliphatic rings. The Labute approximate surface area is 110 Å². The number of rotatable bonds is 5. The number of halogens is 1. The fourth-order valence-corrected chi connectivity index (χ4v) is 1.75. The number of ether oxygens (including phenoxy) is 1. The van der Waals surface area contributed by atoms with Crippen LogP contribution in [0.2, 0.25) is 0 Å². The van der Waals surface area contributed by atoms with Crippen molar-refractivity contribution in [2.75, 3.05) is 6.61 Å². The van der Waals surface area contributed by atoms with Crippen LogP contribution < -0.4 is 0 Å². The van der Waals surface area contributed by atoms with E-state index >= 15 is 0 Å². The first-order valence-electron chi connectivity index (χ1n) is 5.47. The van der Waals surface area contributed by atoms with Gasteiger partial charge in [0.1, 0.15) is 4.83 Å². The summed E-state index contributed by atoms with van der Waals surface area (Å²) in [4.78, 5) is 11.1. The first kappa shape index (κ1) is 13.7. The summed E-state index contributed by atoms with van der Waals surface area (Å²) in [6.07, 6.45) is 1.46. The number of nitriles is 1. The number of esters is 1. The molecule has 4 heteroatoms. The van der Waals surface area contributed by atoms with Crippen molar-refractivity contribution in [2.45, 2.75) is 24.6 Å². The van der Waals surface area contributed by atoms with Gasteiger partial charge in [-0.15, -0.1) is 0 Å². The van der Waals surface area contributed by atoms with Crippen molar-refractivity contribution in [3.8, 4) is 6.07 Å². The Kier molecular flexibility index (Phi) is 5.71. The monoisotopic (exact) mass is 295 g/mol. The Bertz CT molecular complexity index is 408. The van der Waals surface area contributed by atoms with Gasteiger partial charge < -0.3 is 4.74 Å². The molecule has 0 N–H and O–H groups in total. The molecule has 0 saturated carbocycles. The molecule has 0 spiro atoms. The summed E-state index contributed by atoms with van der Waals surface area (Å²) in [7, 11) is 0. The van der Waals surface area contributed by atoms with Crippen LogP contribution in [0.25, 0.3) is 0 Å². The van der Waals surface area contributed by atoms with E-state index in [2.05, 4.69) is 22.0 Å². The van der Waals surface area contributed by atoms with Gasteiger partial charge in [-0.1, -0.05) is 28.1 Å². The number of alkyl halides is 1. The molecule has 90 valence electrons. The minimum atomic E-state index is -0.266. The third kappa shape index (κ3) is 4.58. The summed E-state index contributed by atoms with van der Waals surface area (Å²) in [6, 6.07) is 9.44. The number of carbonyl (C=O) groups excluding carboxylic acids is 1. The van der Waals surface area contributed by atoms with Gasteiger partial charge in [-0.3, -0.25) is 4.79 Å². The van der Waals surface area contributed by atoms with Crippen LogP contribution in [0.15, 0.2) is 24.3 Å². The van der Waals surface area contributed by atoms with Gasteiger partial charge in [0.2, 0.25) is 0 Å². The van der Waals surface area contributed by atoms with E-state index in [-0.39, 0.29) is 10.8 Å². The highest BCUT2D eigenvalue weighted by Gasteiger charge is 2.15. The van der Waals surface area contributed by atoms with E-state index in [0.29, 0.717) is 18.6 Å². The average Bonchev–Trinajstić information content (AvgIpc) is 2.36. The van der Waals surface area contributed by atoms with E-state index in [1.165, 1.54) is 0 Å². The van der Waals surface area contributed by atoms with E-state index < -0.39 is 0 Å². The molecule has 1 rings (SSSR count). The number of benzene rings is 1. The van der Waals surface area contributed by atoms with Gasteiger partial charge in [0.25, 0.3) is 0 Å². The Morgan fingerprint density at radius 3 is 2.65 bits per heavy atom. The summed E-state index contributed by atoms with van der Waals surface area (Å²) in [5, 5.41) is 8.66. The van der Waals surface area contributed by atoms with Crippen LogP contribution in [0.4, 0.5) is 0 Å². The normalized spacial score (nSPS) is 11.6. The topological polar surface area (TPSA) is 50.1 Å². The number of hydrogen-bond acceptors (Lipinski definition) is 3. The Morgan fingerprint density at radius 2 is 2.12 bits per heavy atom. The van der Waals surface area contributed by atoms with Crippen LogP contribution in [-0.2, 0) is 16.0 Å². The van der Waals surface area contributed by atoms with E-state index in [9.17, 15) is 4.79 Å². The first-order chi connectivity index (χ1) is 8.17. The van der Waals surface area contributed by atoms with Crippen molar-refractivity contribution in [1.29, 1.82) is 5.26 Å². The highest BCUT2D eigenvalue weighted by atomic mass is 79.9. The maximum Gasteiger partial charge on any atom is 0.319 e. The lowest BCUT2D eigenvalue weighted by molar-refractivity contribution is -0.142. The molecule has 17 heavy (non-hydrogen) atoms. The molecule has 0 bridgehead atoms. The minimum absolute atomic E-state index is 0.221. The average molecular weight is 296 g/mol. The molecular weight excluding hydrogens is 282 g/mol. The molecule has 1 aromatic carbocycles. The summed E-state index contributed by atoms with van der Waals surface area (Å²) >= 11 is 3.30. The highest BCUT2D eigenvalue weighted by Crippen LogP contribution is 2.13. The predicted octanol–water partition coefficient (Wildman–Crippen LogP) is 2.82. The van der Waals surface area contributed by atoms with Gasteiger partial charge >= 0.3 is 5.97 Å². The molecular formula is C13H14BrNO2. The van der Waals surface area contributed by atoms with Gasteiger partial charge in [-0.2, -0.15) is 5.26 Å². The molecule has 1 unspecified atom stereocenters. The van der Waals surface area contributed by atoms with Gasteiger partial charge in [-0.25, -0.2) is 0 Å². The van der Waals surface area contributed by atoms with Gasteiger partial charge in [-0.05, 0) is 37.5 Å². The fourth-order valence-electron chi connectivity index (χ4n) is 1.39. The van der Waals surface area contributed by atoms with Crippen molar-refractivity contribution in [2.24, 2.45) is 0 Å². The van der Waals surface area contributed by atoms with Crippen LogP contribution >= 0.6 is 15.9 Å². The Hall–Kier alpha value is -1.34.